The van der Waals surface area contributed by atoms with Gasteiger partial charge in [0.25, 0.3) is 0 Å². The predicted octanol–water partition coefficient (Wildman–Crippen LogP) is 4.69. The fourth-order valence-corrected chi connectivity index (χ4v) is 3.15. The number of ketones is 1. The number of carbonyl (C=O) groups excluding carboxylic acids is 1. The van der Waals surface area contributed by atoms with Gasteiger partial charge in [0.15, 0.2) is 17.4 Å². The van der Waals surface area contributed by atoms with Gasteiger partial charge in [0.05, 0.1) is 16.7 Å². The van der Waals surface area contributed by atoms with Gasteiger partial charge in [-0.2, -0.15) is 5.10 Å². The lowest BCUT2D eigenvalue weighted by molar-refractivity contribution is 0.101. The molecule has 0 bridgehead atoms. The monoisotopic (exact) mass is 371 g/mol. The van der Waals surface area contributed by atoms with Crippen LogP contribution < -0.4 is 5.32 Å². The Bertz CT molecular complexity index is 1190. The Morgan fingerprint density at radius 2 is 1.68 bits per heavy atom. The predicted molar refractivity (Wildman–Crippen MR) is 111 cm³/mol. The van der Waals surface area contributed by atoms with Gasteiger partial charge in [0, 0.05) is 16.9 Å². The largest absolute Gasteiger partial charge is 0.337 e. The third-order valence-electron chi connectivity index (χ3n) is 4.57. The number of benzene rings is 2. The fourth-order valence-electron chi connectivity index (χ4n) is 3.15. The molecule has 4 rings (SSSR count). The van der Waals surface area contributed by atoms with Crippen molar-refractivity contribution >= 4 is 28.3 Å². The molecule has 0 atom stereocenters. The molecule has 0 amide bonds. The number of aryl methyl sites for hydroxylation is 3. The summed E-state index contributed by atoms with van der Waals surface area (Å²) in [4.78, 5) is 21.2. The summed E-state index contributed by atoms with van der Waals surface area (Å²) in [6.45, 7) is 7.54. The molecule has 28 heavy (non-hydrogen) atoms. The highest BCUT2D eigenvalue weighted by atomic mass is 16.1. The van der Waals surface area contributed by atoms with Crippen LogP contribution in [0.4, 0.5) is 11.5 Å². The number of rotatable bonds is 4. The number of nitrogens with one attached hydrogen (secondary N) is 1. The summed E-state index contributed by atoms with van der Waals surface area (Å²) in [5.41, 5.74) is 6.15. The molecule has 0 aliphatic carbocycles. The second-order valence-electron chi connectivity index (χ2n) is 6.99. The van der Waals surface area contributed by atoms with Gasteiger partial charge in [0.1, 0.15) is 0 Å². The first kappa shape index (κ1) is 17.9. The van der Waals surface area contributed by atoms with Crippen LogP contribution in [0.15, 0.2) is 48.5 Å². The first-order valence-electron chi connectivity index (χ1n) is 9.11. The van der Waals surface area contributed by atoms with Crippen molar-refractivity contribution in [3.8, 4) is 5.82 Å². The SMILES string of the molecule is CC(=O)c1ccc(Nc2nc3ccc(C)cc3nc2-n2nc(C)cc2C)cc1. The fraction of sp³-hybridized carbons (Fsp3) is 0.182. The number of Topliss-reactive ketones (excluding diaryl/α,β-unsaturated/α-hetero) is 1. The highest BCUT2D eigenvalue weighted by molar-refractivity contribution is 5.94. The number of aromatic nitrogens is 4. The van der Waals surface area contributed by atoms with Crippen LogP contribution in [-0.4, -0.2) is 25.5 Å². The zero-order valence-electron chi connectivity index (χ0n) is 16.3. The molecule has 140 valence electrons. The minimum atomic E-state index is 0.0377. The molecule has 0 fully saturated rings. The molecule has 2 aromatic carbocycles. The van der Waals surface area contributed by atoms with Crippen molar-refractivity contribution in [2.75, 3.05) is 5.32 Å². The van der Waals surface area contributed by atoms with Crippen molar-refractivity contribution in [3.63, 3.8) is 0 Å². The van der Waals surface area contributed by atoms with Gasteiger partial charge in [-0.15, -0.1) is 0 Å². The van der Waals surface area contributed by atoms with E-state index in [2.05, 4.69) is 10.4 Å². The summed E-state index contributed by atoms with van der Waals surface area (Å²) in [6, 6.07) is 15.3. The van der Waals surface area contributed by atoms with Crippen LogP contribution in [0.25, 0.3) is 16.9 Å². The van der Waals surface area contributed by atoms with E-state index in [-0.39, 0.29) is 5.78 Å². The van der Waals surface area contributed by atoms with Crippen LogP contribution in [0.1, 0.15) is 34.2 Å². The number of carbonyl (C=O) groups is 1. The smallest absolute Gasteiger partial charge is 0.197 e. The van der Waals surface area contributed by atoms with E-state index >= 15 is 0 Å². The first-order chi connectivity index (χ1) is 13.4. The zero-order valence-corrected chi connectivity index (χ0v) is 16.3. The molecule has 0 aliphatic rings. The molecule has 0 saturated carbocycles. The van der Waals surface area contributed by atoms with Crippen molar-refractivity contribution in [1.29, 1.82) is 0 Å². The number of hydrogen-bond donors (Lipinski definition) is 1. The minimum absolute atomic E-state index is 0.0377. The summed E-state index contributed by atoms with van der Waals surface area (Å²) in [7, 11) is 0. The maximum absolute atomic E-state index is 11.5. The maximum atomic E-state index is 11.5. The number of fused-ring (bicyclic) bond motifs is 1. The van der Waals surface area contributed by atoms with Crippen LogP contribution in [0.3, 0.4) is 0 Å². The highest BCUT2D eigenvalue weighted by Gasteiger charge is 2.15. The van der Waals surface area contributed by atoms with Gasteiger partial charge in [-0.25, -0.2) is 14.6 Å². The summed E-state index contributed by atoms with van der Waals surface area (Å²) in [6.07, 6.45) is 0. The normalized spacial score (nSPS) is 11.0. The van der Waals surface area contributed by atoms with E-state index < -0.39 is 0 Å². The third kappa shape index (κ3) is 3.36. The van der Waals surface area contributed by atoms with Crippen molar-refractivity contribution in [3.05, 3.63) is 71.0 Å². The Morgan fingerprint density at radius 3 is 2.32 bits per heavy atom. The Kier molecular flexibility index (Phi) is 4.39. The molecule has 0 aliphatic heterocycles. The second kappa shape index (κ2) is 6.88. The third-order valence-corrected chi connectivity index (χ3v) is 4.57. The van der Waals surface area contributed by atoms with Crippen molar-refractivity contribution in [2.24, 2.45) is 0 Å². The standard InChI is InChI=1S/C22H21N5O/c1-13-5-10-19-20(11-13)25-22(27-15(3)12-14(2)26-27)21(24-19)23-18-8-6-17(7-9-18)16(4)28/h5-12H,1-4H3,(H,23,24). The number of nitrogens with zero attached hydrogens (tertiary/aromatic N) is 4. The van der Waals surface area contributed by atoms with Gasteiger partial charge in [-0.3, -0.25) is 4.79 Å². The van der Waals surface area contributed by atoms with Gasteiger partial charge in [-0.05, 0) is 75.7 Å². The minimum Gasteiger partial charge on any atom is -0.337 e. The molecule has 0 unspecified atom stereocenters. The molecule has 0 saturated heterocycles. The quantitative estimate of drug-likeness (QED) is 0.527. The van der Waals surface area contributed by atoms with E-state index in [9.17, 15) is 4.79 Å². The van der Waals surface area contributed by atoms with Crippen LogP contribution in [0.2, 0.25) is 0 Å². The zero-order chi connectivity index (χ0) is 19.8. The van der Waals surface area contributed by atoms with E-state index in [0.29, 0.717) is 17.2 Å². The summed E-state index contributed by atoms with van der Waals surface area (Å²) in [5, 5.41) is 7.91. The number of anilines is 2. The van der Waals surface area contributed by atoms with E-state index in [1.807, 2.05) is 57.2 Å². The van der Waals surface area contributed by atoms with Crippen LogP contribution in [0.5, 0.6) is 0 Å². The highest BCUT2D eigenvalue weighted by Crippen LogP contribution is 2.25. The van der Waals surface area contributed by atoms with Crippen LogP contribution >= 0.6 is 0 Å². The topological polar surface area (TPSA) is 72.7 Å². The summed E-state index contributed by atoms with van der Waals surface area (Å²) < 4.78 is 1.80. The molecule has 4 aromatic rings. The van der Waals surface area contributed by atoms with E-state index in [1.165, 1.54) is 0 Å². The molecule has 0 radical (unpaired) electrons. The molecule has 2 aromatic heterocycles. The van der Waals surface area contributed by atoms with E-state index in [0.717, 1.165) is 33.7 Å². The molecule has 6 nitrogen and oxygen atoms in total. The Labute approximate surface area is 163 Å². The molecule has 2 heterocycles. The van der Waals surface area contributed by atoms with Crippen LogP contribution in [0, 0.1) is 20.8 Å². The van der Waals surface area contributed by atoms with E-state index in [1.54, 1.807) is 23.7 Å². The molecular weight excluding hydrogens is 350 g/mol. The Morgan fingerprint density at radius 1 is 0.929 bits per heavy atom. The van der Waals surface area contributed by atoms with Crippen molar-refractivity contribution in [2.45, 2.75) is 27.7 Å². The van der Waals surface area contributed by atoms with Crippen LogP contribution in [-0.2, 0) is 0 Å². The summed E-state index contributed by atoms with van der Waals surface area (Å²) in [5.74, 6) is 1.29. The average Bonchev–Trinajstić information content (AvgIpc) is 3.00. The lowest BCUT2D eigenvalue weighted by Crippen LogP contribution is -2.09. The van der Waals surface area contributed by atoms with Gasteiger partial charge in [-0.1, -0.05) is 6.07 Å². The first-order valence-corrected chi connectivity index (χ1v) is 9.11. The van der Waals surface area contributed by atoms with Gasteiger partial charge < -0.3 is 5.32 Å². The molecular formula is C22H21N5O. The van der Waals surface area contributed by atoms with Crippen molar-refractivity contribution < 1.29 is 4.79 Å². The maximum Gasteiger partial charge on any atom is 0.197 e. The van der Waals surface area contributed by atoms with E-state index in [4.69, 9.17) is 9.97 Å². The number of hydrogen-bond acceptors (Lipinski definition) is 5. The van der Waals surface area contributed by atoms with Crippen molar-refractivity contribution in [1.82, 2.24) is 19.7 Å². The average molecular weight is 371 g/mol. The van der Waals surface area contributed by atoms with Gasteiger partial charge in [0.2, 0.25) is 0 Å². The Hall–Kier alpha value is -3.54. The lowest BCUT2D eigenvalue weighted by atomic mass is 10.1. The molecule has 0 spiro atoms. The second-order valence-corrected chi connectivity index (χ2v) is 6.99. The lowest BCUT2D eigenvalue weighted by Gasteiger charge is -2.13. The summed E-state index contributed by atoms with van der Waals surface area (Å²) >= 11 is 0. The van der Waals surface area contributed by atoms with Gasteiger partial charge >= 0.3 is 0 Å². The molecule has 6 heteroatoms. The molecule has 1 N–H and O–H groups in total. The Balaban J connectivity index is 1.85.